The number of hydrogen-bond donors (Lipinski definition) is 0. The molecule has 0 aliphatic carbocycles. The van der Waals surface area contributed by atoms with Crippen LogP contribution in [0.25, 0.3) is 11.4 Å². The smallest absolute Gasteiger partial charge is 0.162 e. The zero-order valence-electron chi connectivity index (χ0n) is 8.04. The number of benzene rings is 1. The first-order chi connectivity index (χ1) is 7.18. The maximum atomic E-state index is 5.93. The highest BCUT2D eigenvalue weighted by molar-refractivity contribution is 6.34. The van der Waals surface area contributed by atoms with Gasteiger partial charge in [0.1, 0.15) is 10.3 Å². The fraction of sp³-hybridized carbons (Fsp3) is 0.0909. The molecule has 0 aliphatic heterocycles. The quantitative estimate of drug-likeness (QED) is 0.708. The highest BCUT2D eigenvalue weighted by Gasteiger charge is 2.08. The summed E-state index contributed by atoms with van der Waals surface area (Å²) in [6, 6.07) is 9.59. The molecule has 4 heteroatoms. The van der Waals surface area contributed by atoms with Crippen molar-refractivity contribution in [2.24, 2.45) is 0 Å². The van der Waals surface area contributed by atoms with Crippen LogP contribution in [0.5, 0.6) is 0 Å². The number of rotatable bonds is 1. The molecule has 76 valence electrons. The lowest BCUT2D eigenvalue weighted by atomic mass is 10.2. The Balaban J connectivity index is 2.56. The Morgan fingerprint density at radius 1 is 0.933 bits per heavy atom. The molecule has 15 heavy (non-hydrogen) atoms. The van der Waals surface area contributed by atoms with Crippen molar-refractivity contribution in [3.05, 3.63) is 46.2 Å². The van der Waals surface area contributed by atoms with E-state index >= 15 is 0 Å². The van der Waals surface area contributed by atoms with Crippen molar-refractivity contribution >= 4 is 23.2 Å². The summed E-state index contributed by atoms with van der Waals surface area (Å²) in [6.45, 7) is 1.79. The normalized spacial score (nSPS) is 10.3. The minimum atomic E-state index is 0.397. The molecule has 0 aliphatic rings. The molecule has 0 amide bonds. The molecule has 0 radical (unpaired) electrons. The first kappa shape index (κ1) is 10.4. The summed E-state index contributed by atoms with van der Waals surface area (Å²) >= 11 is 11.9. The summed E-state index contributed by atoms with van der Waals surface area (Å²) in [5.74, 6) is 0.552. The van der Waals surface area contributed by atoms with Crippen LogP contribution in [0, 0.1) is 6.92 Å². The number of hydrogen-bond acceptors (Lipinski definition) is 2. The van der Waals surface area contributed by atoms with Gasteiger partial charge in [-0.3, -0.25) is 0 Å². The Labute approximate surface area is 97.9 Å². The van der Waals surface area contributed by atoms with Crippen LogP contribution in [0.3, 0.4) is 0 Å². The van der Waals surface area contributed by atoms with E-state index in [1.54, 1.807) is 6.92 Å². The van der Waals surface area contributed by atoms with Gasteiger partial charge in [0.15, 0.2) is 5.82 Å². The molecular formula is C11H8Cl2N2. The average Bonchev–Trinajstić information content (AvgIpc) is 2.26. The van der Waals surface area contributed by atoms with Crippen LogP contribution in [0.15, 0.2) is 30.3 Å². The summed E-state index contributed by atoms with van der Waals surface area (Å²) in [7, 11) is 0. The Hall–Kier alpha value is -1.12. The minimum absolute atomic E-state index is 0.397. The third kappa shape index (κ3) is 2.11. The van der Waals surface area contributed by atoms with Crippen molar-refractivity contribution in [2.45, 2.75) is 6.92 Å². The van der Waals surface area contributed by atoms with Crippen LogP contribution >= 0.6 is 23.2 Å². The molecule has 0 N–H and O–H groups in total. The van der Waals surface area contributed by atoms with Crippen molar-refractivity contribution in [1.82, 2.24) is 9.97 Å². The molecule has 1 heterocycles. The standard InChI is InChI=1S/C11H8Cl2N2/c1-7-9(12)14-11(15-10(7)13)8-5-3-2-4-6-8/h2-6H,1H3. The highest BCUT2D eigenvalue weighted by atomic mass is 35.5. The van der Waals surface area contributed by atoms with E-state index in [1.807, 2.05) is 30.3 Å². The fourth-order valence-corrected chi connectivity index (χ4v) is 1.57. The fourth-order valence-electron chi connectivity index (χ4n) is 1.18. The second-order valence-corrected chi connectivity index (χ2v) is 3.84. The third-order valence-electron chi connectivity index (χ3n) is 2.06. The molecule has 0 spiro atoms. The second kappa shape index (κ2) is 4.17. The lowest BCUT2D eigenvalue weighted by Gasteiger charge is -2.04. The Morgan fingerprint density at radius 3 is 2.00 bits per heavy atom. The van der Waals surface area contributed by atoms with Crippen LogP contribution in [0.1, 0.15) is 5.56 Å². The van der Waals surface area contributed by atoms with Gasteiger partial charge in [0, 0.05) is 11.1 Å². The van der Waals surface area contributed by atoms with Crippen LogP contribution in [0.4, 0.5) is 0 Å². The van der Waals surface area contributed by atoms with E-state index in [1.165, 1.54) is 0 Å². The van der Waals surface area contributed by atoms with E-state index in [0.717, 1.165) is 5.56 Å². The molecule has 0 atom stereocenters. The first-order valence-electron chi connectivity index (χ1n) is 4.43. The molecule has 2 nitrogen and oxygen atoms in total. The molecule has 0 unspecified atom stereocenters. The van der Waals surface area contributed by atoms with Crippen molar-refractivity contribution in [1.29, 1.82) is 0 Å². The van der Waals surface area contributed by atoms with Gasteiger partial charge in [-0.2, -0.15) is 0 Å². The largest absolute Gasteiger partial charge is 0.216 e. The van der Waals surface area contributed by atoms with Gasteiger partial charge in [0.2, 0.25) is 0 Å². The van der Waals surface area contributed by atoms with E-state index in [0.29, 0.717) is 21.7 Å². The molecular weight excluding hydrogens is 231 g/mol. The van der Waals surface area contributed by atoms with Crippen molar-refractivity contribution < 1.29 is 0 Å². The number of halogens is 2. The molecule has 0 bridgehead atoms. The van der Waals surface area contributed by atoms with Gasteiger partial charge in [-0.1, -0.05) is 53.5 Å². The number of aromatic nitrogens is 2. The van der Waals surface area contributed by atoms with E-state index in [9.17, 15) is 0 Å². The van der Waals surface area contributed by atoms with Gasteiger partial charge in [0.05, 0.1) is 0 Å². The molecule has 0 saturated carbocycles. The predicted octanol–water partition coefficient (Wildman–Crippen LogP) is 3.76. The number of nitrogens with zero attached hydrogens (tertiary/aromatic N) is 2. The summed E-state index contributed by atoms with van der Waals surface area (Å²) in [6.07, 6.45) is 0. The van der Waals surface area contributed by atoms with Gasteiger partial charge >= 0.3 is 0 Å². The van der Waals surface area contributed by atoms with E-state index in [4.69, 9.17) is 23.2 Å². The van der Waals surface area contributed by atoms with Crippen molar-refractivity contribution in [3.8, 4) is 11.4 Å². The van der Waals surface area contributed by atoms with E-state index in [-0.39, 0.29) is 0 Å². The Kier molecular flexibility index (Phi) is 2.89. The van der Waals surface area contributed by atoms with Crippen LogP contribution in [-0.2, 0) is 0 Å². The van der Waals surface area contributed by atoms with Gasteiger partial charge < -0.3 is 0 Å². The molecule has 0 fully saturated rings. The zero-order chi connectivity index (χ0) is 10.8. The SMILES string of the molecule is Cc1c(Cl)nc(-c2ccccc2)nc1Cl. The minimum Gasteiger partial charge on any atom is -0.216 e. The first-order valence-corrected chi connectivity index (χ1v) is 5.19. The van der Waals surface area contributed by atoms with Gasteiger partial charge in [-0.05, 0) is 6.92 Å². The molecule has 0 saturated heterocycles. The summed E-state index contributed by atoms with van der Waals surface area (Å²) in [4.78, 5) is 8.35. The maximum Gasteiger partial charge on any atom is 0.162 e. The van der Waals surface area contributed by atoms with Gasteiger partial charge in [-0.25, -0.2) is 9.97 Å². The third-order valence-corrected chi connectivity index (χ3v) is 2.79. The average molecular weight is 239 g/mol. The summed E-state index contributed by atoms with van der Waals surface area (Å²) < 4.78 is 0. The Morgan fingerprint density at radius 2 is 1.47 bits per heavy atom. The second-order valence-electron chi connectivity index (χ2n) is 3.12. The predicted molar refractivity (Wildman–Crippen MR) is 62.2 cm³/mol. The van der Waals surface area contributed by atoms with E-state index < -0.39 is 0 Å². The molecule has 1 aromatic carbocycles. The van der Waals surface area contributed by atoms with Gasteiger partial charge in [0.25, 0.3) is 0 Å². The summed E-state index contributed by atoms with van der Waals surface area (Å²) in [5.41, 5.74) is 1.61. The molecule has 1 aromatic heterocycles. The van der Waals surface area contributed by atoms with Crippen LogP contribution in [0.2, 0.25) is 10.3 Å². The molecule has 2 aromatic rings. The zero-order valence-corrected chi connectivity index (χ0v) is 9.55. The lowest BCUT2D eigenvalue weighted by Crippen LogP contribution is -1.93. The summed E-state index contributed by atoms with van der Waals surface area (Å²) in [5, 5.41) is 0.794. The van der Waals surface area contributed by atoms with Gasteiger partial charge in [-0.15, -0.1) is 0 Å². The molecule has 2 rings (SSSR count). The highest BCUT2D eigenvalue weighted by Crippen LogP contribution is 2.24. The maximum absolute atomic E-state index is 5.93. The van der Waals surface area contributed by atoms with Crippen molar-refractivity contribution in [3.63, 3.8) is 0 Å². The van der Waals surface area contributed by atoms with Crippen LogP contribution in [-0.4, -0.2) is 9.97 Å². The van der Waals surface area contributed by atoms with E-state index in [2.05, 4.69) is 9.97 Å². The lowest BCUT2D eigenvalue weighted by molar-refractivity contribution is 1.14. The topological polar surface area (TPSA) is 25.8 Å². The Bertz CT molecular complexity index is 460. The monoisotopic (exact) mass is 238 g/mol. The van der Waals surface area contributed by atoms with Crippen molar-refractivity contribution in [2.75, 3.05) is 0 Å². The van der Waals surface area contributed by atoms with Crippen LogP contribution < -0.4 is 0 Å².